The van der Waals surface area contributed by atoms with Crippen LogP contribution >= 0.6 is 23.2 Å². The van der Waals surface area contributed by atoms with Crippen molar-refractivity contribution in [1.82, 2.24) is 14.9 Å². The van der Waals surface area contributed by atoms with Crippen LogP contribution in [0, 0.1) is 0 Å². The monoisotopic (exact) mass is 536 g/mol. The van der Waals surface area contributed by atoms with Gasteiger partial charge in [-0.15, -0.1) is 0 Å². The standard InChI is InChI=1S/C29H30Cl2N4O2/c1-2-3-12-35-27-11-7-22(18-26(27)33-28(35)21-6-10-24(30)25(31)17-21)29(36)32-19-20-4-8-23(9-5-20)34-13-15-37-16-14-34/h4-11,17-18H,2-3,12-16,19H2,1H3,(H,32,36). The third-order valence-electron chi connectivity index (χ3n) is 6.69. The first-order valence-corrected chi connectivity index (χ1v) is 13.4. The van der Waals surface area contributed by atoms with Crippen molar-refractivity contribution in [2.45, 2.75) is 32.9 Å². The van der Waals surface area contributed by atoms with Crippen LogP contribution in [0.15, 0.2) is 60.7 Å². The Morgan fingerprint density at radius 2 is 1.78 bits per heavy atom. The average Bonchev–Trinajstić information content (AvgIpc) is 3.30. The summed E-state index contributed by atoms with van der Waals surface area (Å²) in [5.74, 6) is 0.693. The molecule has 5 rings (SSSR count). The van der Waals surface area contributed by atoms with E-state index < -0.39 is 0 Å². The van der Waals surface area contributed by atoms with Crippen LogP contribution in [-0.4, -0.2) is 41.8 Å². The maximum atomic E-state index is 13.0. The molecule has 1 aliphatic rings. The first kappa shape index (κ1) is 25.6. The van der Waals surface area contributed by atoms with Crippen LogP contribution < -0.4 is 10.2 Å². The Labute approximate surface area is 227 Å². The van der Waals surface area contributed by atoms with Crippen molar-refractivity contribution in [3.63, 3.8) is 0 Å². The van der Waals surface area contributed by atoms with E-state index in [0.29, 0.717) is 22.2 Å². The lowest BCUT2D eigenvalue weighted by Crippen LogP contribution is -2.36. The summed E-state index contributed by atoms with van der Waals surface area (Å²) in [5.41, 5.74) is 5.48. The molecule has 1 aromatic heterocycles. The van der Waals surface area contributed by atoms with Crippen LogP contribution in [0.1, 0.15) is 35.7 Å². The smallest absolute Gasteiger partial charge is 0.251 e. The second kappa shape index (κ2) is 11.5. The van der Waals surface area contributed by atoms with E-state index in [-0.39, 0.29) is 5.91 Å². The number of rotatable bonds is 8. The number of imidazole rings is 1. The molecule has 4 aromatic rings. The maximum absolute atomic E-state index is 13.0. The number of ether oxygens (including phenoxy) is 1. The molecule has 3 aromatic carbocycles. The third-order valence-corrected chi connectivity index (χ3v) is 7.43. The molecule has 0 unspecified atom stereocenters. The Hall–Kier alpha value is -3.06. The molecule has 0 aliphatic carbocycles. The number of anilines is 1. The zero-order valence-corrected chi connectivity index (χ0v) is 22.4. The van der Waals surface area contributed by atoms with E-state index in [2.05, 4.69) is 46.0 Å². The maximum Gasteiger partial charge on any atom is 0.251 e. The zero-order valence-electron chi connectivity index (χ0n) is 20.8. The number of carbonyl (C=O) groups excluding carboxylic acids is 1. The summed E-state index contributed by atoms with van der Waals surface area (Å²) in [6, 6.07) is 19.6. The number of hydrogen-bond donors (Lipinski definition) is 1. The summed E-state index contributed by atoms with van der Waals surface area (Å²) in [4.78, 5) is 20.2. The molecule has 1 fully saturated rings. The highest BCUT2D eigenvalue weighted by atomic mass is 35.5. The highest BCUT2D eigenvalue weighted by Crippen LogP contribution is 2.31. The van der Waals surface area contributed by atoms with Crippen molar-refractivity contribution >= 4 is 45.8 Å². The summed E-state index contributed by atoms with van der Waals surface area (Å²) >= 11 is 12.4. The molecule has 6 nitrogen and oxygen atoms in total. The molecule has 1 N–H and O–H groups in total. The highest BCUT2D eigenvalue weighted by molar-refractivity contribution is 6.42. The number of fused-ring (bicyclic) bond motifs is 1. The van der Waals surface area contributed by atoms with Crippen molar-refractivity contribution in [3.05, 3.63) is 81.8 Å². The molecule has 0 radical (unpaired) electrons. The molecule has 37 heavy (non-hydrogen) atoms. The third kappa shape index (κ3) is 5.77. The van der Waals surface area contributed by atoms with Crippen molar-refractivity contribution in [3.8, 4) is 11.4 Å². The van der Waals surface area contributed by atoms with Gasteiger partial charge < -0.3 is 19.5 Å². The lowest BCUT2D eigenvalue weighted by atomic mass is 10.1. The normalized spacial score (nSPS) is 13.8. The van der Waals surface area contributed by atoms with E-state index in [0.717, 1.165) is 73.7 Å². The number of benzene rings is 3. The predicted molar refractivity (Wildman–Crippen MR) is 151 cm³/mol. The molecule has 1 saturated heterocycles. The minimum absolute atomic E-state index is 0.127. The Morgan fingerprint density at radius 1 is 1.00 bits per heavy atom. The molecule has 0 bridgehead atoms. The average molecular weight is 537 g/mol. The Balaban J connectivity index is 1.33. The molecule has 0 atom stereocenters. The predicted octanol–water partition coefficient (Wildman–Crippen LogP) is 6.58. The van der Waals surface area contributed by atoms with Gasteiger partial charge in [0.15, 0.2) is 0 Å². The molecule has 8 heteroatoms. The number of unbranched alkanes of at least 4 members (excludes halogenated alkanes) is 1. The van der Waals surface area contributed by atoms with Crippen LogP contribution in [0.4, 0.5) is 5.69 Å². The summed E-state index contributed by atoms with van der Waals surface area (Å²) in [6.45, 7) is 6.77. The van der Waals surface area contributed by atoms with Gasteiger partial charge in [-0.25, -0.2) is 4.98 Å². The second-order valence-corrected chi connectivity index (χ2v) is 10.0. The summed E-state index contributed by atoms with van der Waals surface area (Å²) in [7, 11) is 0. The van der Waals surface area contributed by atoms with E-state index in [1.54, 1.807) is 6.07 Å². The van der Waals surface area contributed by atoms with Gasteiger partial charge >= 0.3 is 0 Å². The first-order valence-electron chi connectivity index (χ1n) is 12.7. The fraction of sp³-hybridized carbons (Fsp3) is 0.310. The van der Waals surface area contributed by atoms with Gasteiger partial charge in [-0.1, -0.05) is 48.7 Å². The van der Waals surface area contributed by atoms with Crippen molar-refractivity contribution in [1.29, 1.82) is 0 Å². The van der Waals surface area contributed by atoms with Gasteiger partial charge in [0.1, 0.15) is 5.82 Å². The second-order valence-electron chi connectivity index (χ2n) is 9.22. The molecule has 0 spiro atoms. The number of nitrogens with zero attached hydrogens (tertiary/aromatic N) is 3. The fourth-order valence-electron chi connectivity index (χ4n) is 4.60. The van der Waals surface area contributed by atoms with Gasteiger partial charge in [0, 0.05) is 43.0 Å². The Bertz CT molecular complexity index is 1400. The van der Waals surface area contributed by atoms with Gasteiger partial charge in [0.25, 0.3) is 5.91 Å². The number of hydrogen-bond acceptors (Lipinski definition) is 4. The van der Waals surface area contributed by atoms with E-state index >= 15 is 0 Å². The lowest BCUT2D eigenvalue weighted by molar-refractivity contribution is 0.0951. The largest absolute Gasteiger partial charge is 0.378 e. The van der Waals surface area contributed by atoms with E-state index in [4.69, 9.17) is 32.9 Å². The quantitative estimate of drug-likeness (QED) is 0.276. The highest BCUT2D eigenvalue weighted by Gasteiger charge is 2.16. The number of halogens is 2. The van der Waals surface area contributed by atoms with E-state index in [9.17, 15) is 4.79 Å². The van der Waals surface area contributed by atoms with Crippen LogP contribution in [0.25, 0.3) is 22.4 Å². The van der Waals surface area contributed by atoms with Crippen molar-refractivity contribution in [2.75, 3.05) is 31.2 Å². The summed E-state index contributed by atoms with van der Waals surface area (Å²) in [6.07, 6.45) is 2.08. The van der Waals surface area contributed by atoms with Gasteiger partial charge in [-0.2, -0.15) is 0 Å². The first-order chi connectivity index (χ1) is 18.0. The minimum Gasteiger partial charge on any atom is -0.378 e. The van der Waals surface area contributed by atoms with Crippen LogP contribution in [-0.2, 0) is 17.8 Å². The van der Waals surface area contributed by atoms with Crippen LogP contribution in [0.3, 0.4) is 0 Å². The lowest BCUT2D eigenvalue weighted by Gasteiger charge is -2.28. The number of morpholine rings is 1. The SMILES string of the molecule is CCCCn1c(-c2ccc(Cl)c(Cl)c2)nc2cc(C(=O)NCc3ccc(N4CCOCC4)cc3)ccc21. The van der Waals surface area contributed by atoms with Gasteiger partial charge in [-0.3, -0.25) is 4.79 Å². The minimum atomic E-state index is -0.127. The molecular weight excluding hydrogens is 507 g/mol. The van der Waals surface area contributed by atoms with E-state index in [1.807, 2.05) is 30.3 Å². The summed E-state index contributed by atoms with van der Waals surface area (Å²) < 4.78 is 7.62. The molecule has 0 saturated carbocycles. The molecule has 192 valence electrons. The fourth-order valence-corrected chi connectivity index (χ4v) is 4.90. The van der Waals surface area contributed by atoms with Crippen LogP contribution in [0.2, 0.25) is 10.0 Å². The van der Waals surface area contributed by atoms with Crippen LogP contribution in [0.5, 0.6) is 0 Å². The van der Waals surface area contributed by atoms with Gasteiger partial charge in [0.05, 0.1) is 34.3 Å². The number of aryl methyl sites for hydroxylation is 1. The van der Waals surface area contributed by atoms with Gasteiger partial charge in [-0.05, 0) is 60.5 Å². The number of nitrogens with one attached hydrogen (secondary N) is 1. The van der Waals surface area contributed by atoms with Gasteiger partial charge in [0.2, 0.25) is 0 Å². The molecule has 1 aliphatic heterocycles. The molecule has 1 amide bonds. The number of aromatic nitrogens is 2. The number of amides is 1. The zero-order chi connectivity index (χ0) is 25.8. The molecular formula is C29H30Cl2N4O2. The molecule has 2 heterocycles. The topological polar surface area (TPSA) is 59.4 Å². The van der Waals surface area contributed by atoms with E-state index in [1.165, 1.54) is 5.69 Å². The number of carbonyl (C=O) groups is 1. The van der Waals surface area contributed by atoms with Crippen molar-refractivity contribution in [2.24, 2.45) is 0 Å². The van der Waals surface area contributed by atoms with Crippen molar-refractivity contribution < 1.29 is 9.53 Å². The Kier molecular flexibility index (Phi) is 7.99. The Morgan fingerprint density at radius 3 is 2.51 bits per heavy atom. The summed E-state index contributed by atoms with van der Waals surface area (Å²) in [5, 5.41) is 4.04.